The number of nitrogens with zero attached hydrogens (tertiary/aromatic N) is 3. The molecular formula is C18H23N3O6Si2. The monoisotopic (exact) mass is 433 g/mol. The molecule has 0 heterocycles. The highest BCUT2D eigenvalue weighted by atomic mass is 28.2. The lowest BCUT2D eigenvalue weighted by molar-refractivity contribution is -0.384. The van der Waals surface area contributed by atoms with E-state index in [1.807, 2.05) is 33.9 Å². The summed E-state index contributed by atoms with van der Waals surface area (Å²) >= 11 is 0. The van der Waals surface area contributed by atoms with Gasteiger partial charge in [0.05, 0.1) is 10.5 Å². The van der Waals surface area contributed by atoms with Crippen LogP contribution in [0.1, 0.15) is 26.3 Å². The minimum atomic E-state index is -0.830. The first-order valence-corrected chi connectivity index (χ1v) is 11.5. The van der Waals surface area contributed by atoms with Crippen LogP contribution in [-0.2, 0) is 25.0 Å². The van der Waals surface area contributed by atoms with E-state index in [2.05, 4.69) is 4.79 Å². The van der Waals surface area contributed by atoms with Crippen LogP contribution in [0.4, 0.5) is 5.69 Å². The van der Waals surface area contributed by atoms with Crippen molar-refractivity contribution in [2.75, 3.05) is 0 Å². The van der Waals surface area contributed by atoms with Gasteiger partial charge in [-0.1, -0.05) is 20.8 Å². The number of rotatable bonds is 10. The van der Waals surface area contributed by atoms with Crippen LogP contribution in [0.2, 0.25) is 13.1 Å². The Balaban J connectivity index is 3.03. The number of benzene rings is 1. The summed E-state index contributed by atoms with van der Waals surface area (Å²) < 4.78 is 16.3. The van der Waals surface area contributed by atoms with Crippen molar-refractivity contribution in [3.05, 3.63) is 57.1 Å². The van der Waals surface area contributed by atoms with Crippen LogP contribution < -0.4 is 0 Å². The van der Waals surface area contributed by atoms with E-state index in [1.165, 1.54) is 24.3 Å². The van der Waals surface area contributed by atoms with Crippen molar-refractivity contribution in [2.45, 2.75) is 46.8 Å². The molecular weight excluding hydrogens is 410 g/mol. The zero-order valence-corrected chi connectivity index (χ0v) is 19.0. The third-order valence-electron chi connectivity index (χ3n) is 3.64. The summed E-state index contributed by atoms with van der Waals surface area (Å²) in [5, 5.41) is 10.7. The van der Waals surface area contributed by atoms with Gasteiger partial charge in [0.2, 0.25) is 19.5 Å². The van der Waals surface area contributed by atoms with Gasteiger partial charge in [0.1, 0.15) is 6.61 Å². The highest BCUT2D eigenvalue weighted by Crippen LogP contribution is 2.27. The van der Waals surface area contributed by atoms with Crippen molar-refractivity contribution in [2.24, 2.45) is 5.41 Å². The molecule has 0 aliphatic heterocycles. The Hall–Kier alpha value is -2.44. The summed E-state index contributed by atoms with van der Waals surface area (Å²) in [6.07, 6.45) is 0.921. The maximum Gasteiger partial charge on any atom is 0.422 e. The average molecular weight is 434 g/mol. The maximum absolute atomic E-state index is 12.6. The van der Waals surface area contributed by atoms with Crippen molar-refractivity contribution in [3.63, 3.8) is 0 Å². The summed E-state index contributed by atoms with van der Waals surface area (Å²) in [6.45, 7) is 9.13. The maximum atomic E-state index is 12.6. The molecule has 0 amide bonds. The van der Waals surface area contributed by atoms with E-state index in [-0.39, 0.29) is 37.5 Å². The lowest BCUT2D eigenvalue weighted by atomic mass is 9.83. The fraction of sp³-hybridized carbons (Fsp3) is 0.444. The molecule has 0 N–H and O–H groups in total. The minimum Gasteiger partial charge on any atom is -0.452 e. The first-order valence-electron chi connectivity index (χ1n) is 8.64. The average Bonchev–Trinajstić information content (AvgIpc) is 2.66. The molecule has 0 aliphatic rings. The predicted molar refractivity (Wildman–Crippen MR) is 108 cm³/mol. The quantitative estimate of drug-likeness (QED) is 0.0816. The molecule has 0 bridgehead atoms. The molecule has 0 saturated carbocycles. The summed E-state index contributed by atoms with van der Waals surface area (Å²) in [6, 6.07) is 5.62. The van der Waals surface area contributed by atoms with Gasteiger partial charge < -0.3 is 19.1 Å². The van der Waals surface area contributed by atoms with Gasteiger partial charge >= 0.3 is 11.7 Å². The van der Waals surface area contributed by atoms with Crippen molar-refractivity contribution < 1.29 is 28.1 Å². The Morgan fingerprint density at radius 3 is 2.21 bits per heavy atom. The lowest BCUT2D eigenvalue weighted by Crippen LogP contribution is -2.30. The summed E-state index contributed by atoms with van der Waals surface area (Å²) in [7, 11) is 0.333. The van der Waals surface area contributed by atoms with Gasteiger partial charge in [0.15, 0.2) is 6.29 Å². The number of hydrogen-bond donors (Lipinski definition) is 0. The smallest absolute Gasteiger partial charge is 0.422 e. The number of esters is 1. The van der Waals surface area contributed by atoms with Gasteiger partial charge in [-0.2, -0.15) is 4.79 Å². The molecule has 1 rings (SSSR count). The predicted octanol–water partition coefficient (Wildman–Crippen LogP) is 2.98. The number of carbonyl (C=O) groups excluding carboxylic acids is 1. The van der Waals surface area contributed by atoms with Crippen molar-refractivity contribution in [1.29, 1.82) is 0 Å². The van der Waals surface area contributed by atoms with Crippen molar-refractivity contribution >= 4 is 36.9 Å². The second-order valence-corrected chi connectivity index (χ2v) is 8.08. The fourth-order valence-corrected chi connectivity index (χ4v) is 3.07. The molecule has 0 unspecified atom stereocenters. The molecule has 0 spiro atoms. The van der Waals surface area contributed by atoms with E-state index in [0.29, 0.717) is 11.1 Å². The standard InChI is InChI=1S/C18H23N3O6Si2/c1-18(2,3)14(10-15(26-28-4)27-29-5)16(20-19)17(22)25-11-12-6-8-13(9-7-12)21(23)24/h6-10,15H,11H2,1-5H3. The topological polar surface area (TPSA) is 124 Å². The van der Waals surface area contributed by atoms with E-state index in [4.69, 9.17) is 13.6 Å². The zero-order valence-electron chi connectivity index (χ0n) is 17.0. The first-order chi connectivity index (χ1) is 13.6. The van der Waals surface area contributed by atoms with Crippen LogP contribution in [0, 0.1) is 15.5 Å². The van der Waals surface area contributed by atoms with Crippen LogP contribution in [0.5, 0.6) is 0 Å². The van der Waals surface area contributed by atoms with E-state index in [1.54, 1.807) is 6.08 Å². The van der Waals surface area contributed by atoms with Crippen molar-refractivity contribution in [3.8, 4) is 0 Å². The van der Waals surface area contributed by atoms with E-state index in [9.17, 15) is 20.4 Å². The molecule has 9 nitrogen and oxygen atoms in total. The van der Waals surface area contributed by atoms with E-state index >= 15 is 0 Å². The summed E-state index contributed by atoms with van der Waals surface area (Å²) in [5.74, 6) is -0.830. The number of nitro groups is 1. The van der Waals surface area contributed by atoms with Gasteiger partial charge in [0, 0.05) is 12.1 Å². The molecule has 4 radical (unpaired) electrons. The molecule has 0 saturated heterocycles. The zero-order chi connectivity index (χ0) is 22.0. The SMILES string of the molecule is C[Si]OC(C=C(C(=[N+]=[N-])C(=O)OCc1ccc([N+](=O)[O-])cc1)C(C)(C)C)O[Si]C. The van der Waals surface area contributed by atoms with Crippen LogP contribution in [-0.4, -0.2) is 47.2 Å². The molecule has 1 aromatic carbocycles. The Kier molecular flexibility index (Phi) is 9.79. The first kappa shape index (κ1) is 24.6. The number of ether oxygens (including phenoxy) is 1. The van der Waals surface area contributed by atoms with Crippen LogP contribution in [0.3, 0.4) is 0 Å². The molecule has 29 heavy (non-hydrogen) atoms. The van der Waals surface area contributed by atoms with Gasteiger partial charge in [-0.15, -0.1) is 0 Å². The lowest BCUT2D eigenvalue weighted by Gasteiger charge is -2.22. The fourth-order valence-electron chi connectivity index (χ4n) is 2.28. The molecule has 1 aromatic rings. The van der Waals surface area contributed by atoms with Crippen LogP contribution in [0.25, 0.3) is 5.53 Å². The Labute approximate surface area is 174 Å². The largest absolute Gasteiger partial charge is 0.452 e. The highest BCUT2D eigenvalue weighted by Gasteiger charge is 2.36. The van der Waals surface area contributed by atoms with Gasteiger partial charge in [-0.3, -0.25) is 10.1 Å². The number of hydrogen-bond acceptors (Lipinski definition) is 6. The Bertz CT molecular complexity index is 793. The van der Waals surface area contributed by atoms with Crippen LogP contribution in [0.15, 0.2) is 35.9 Å². The minimum absolute atomic E-state index is 0.0602. The molecule has 0 aromatic heterocycles. The van der Waals surface area contributed by atoms with E-state index < -0.39 is 22.6 Å². The number of carbonyl (C=O) groups is 1. The summed E-state index contributed by atoms with van der Waals surface area (Å²) in [4.78, 5) is 25.9. The third-order valence-corrected chi connectivity index (χ3v) is 4.58. The molecule has 154 valence electrons. The van der Waals surface area contributed by atoms with Gasteiger partial charge in [-0.25, -0.2) is 4.79 Å². The highest BCUT2D eigenvalue weighted by molar-refractivity contribution is 6.41. The van der Waals surface area contributed by atoms with Gasteiger partial charge in [-0.05, 0) is 42.3 Å². The normalized spacial score (nSPS) is 11.9. The van der Waals surface area contributed by atoms with Crippen molar-refractivity contribution in [1.82, 2.24) is 0 Å². The Morgan fingerprint density at radius 2 is 1.79 bits per heavy atom. The Morgan fingerprint density at radius 1 is 1.24 bits per heavy atom. The third kappa shape index (κ3) is 7.83. The number of non-ortho nitro benzene ring substituents is 1. The van der Waals surface area contributed by atoms with Gasteiger partial charge in [0.25, 0.3) is 5.69 Å². The van der Waals surface area contributed by atoms with Crippen LogP contribution >= 0.6 is 0 Å². The second kappa shape index (κ2) is 11.5. The summed E-state index contributed by atoms with van der Waals surface area (Å²) in [5.41, 5.74) is 9.59. The number of nitro benzene ring substituents is 1. The second-order valence-electron chi connectivity index (χ2n) is 6.79. The molecule has 0 aliphatic carbocycles. The van der Waals surface area contributed by atoms with E-state index in [0.717, 1.165) is 0 Å². The molecule has 11 heteroatoms. The molecule has 0 fully saturated rings. The molecule has 0 atom stereocenters.